The Morgan fingerprint density at radius 2 is 2.26 bits per heavy atom. The van der Waals surface area contributed by atoms with E-state index in [1.165, 1.54) is 24.0 Å². The first-order valence-electron chi connectivity index (χ1n) is 6.86. The highest BCUT2D eigenvalue weighted by atomic mass is 16.4. The van der Waals surface area contributed by atoms with Crippen LogP contribution in [0.2, 0.25) is 0 Å². The van der Waals surface area contributed by atoms with Gasteiger partial charge in [0.1, 0.15) is 5.84 Å². The third-order valence-corrected chi connectivity index (χ3v) is 3.81. The lowest BCUT2D eigenvalue weighted by Crippen LogP contribution is -2.29. The summed E-state index contributed by atoms with van der Waals surface area (Å²) in [5, 5.41) is 15.2. The number of amidine groups is 1. The SMILES string of the molecule is Cc1cccc(CCNCC2(CC(N)=NO)CC2)c1. The fourth-order valence-corrected chi connectivity index (χ4v) is 2.47. The van der Waals surface area contributed by atoms with E-state index in [1.807, 2.05) is 0 Å². The number of nitrogens with one attached hydrogen (secondary N) is 1. The zero-order valence-corrected chi connectivity index (χ0v) is 11.5. The molecule has 4 N–H and O–H groups in total. The van der Waals surface area contributed by atoms with E-state index >= 15 is 0 Å². The number of rotatable bonds is 7. The van der Waals surface area contributed by atoms with Crippen molar-refractivity contribution in [2.24, 2.45) is 16.3 Å². The molecule has 0 saturated heterocycles. The maximum Gasteiger partial charge on any atom is 0.139 e. The first-order chi connectivity index (χ1) is 9.13. The van der Waals surface area contributed by atoms with Gasteiger partial charge in [0.2, 0.25) is 0 Å². The molecule has 19 heavy (non-hydrogen) atoms. The van der Waals surface area contributed by atoms with E-state index in [4.69, 9.17) is 10.9 Å². The fourth-order valence-electron chi connectivity index (χ4n) is 2.47. The van der Waals surface area contributed by atoms with Crippen molar-refractivity contribution in [1.29, 1.82) is 0 Å². The van der Waals surface area contributed by atoms with Crippen molar-refractivity contribution in [2.75, 3.05) is 13.1 Å². The lowest BCUT2D eigenvalue weighted by atomic mass is 10.0. The molecule has 1 aliphatic carbocycles. The average molecular weight is 261 g/mol. The normalized spacial score (nSPS) is 17.4. The topological polar surface area (TPSA) is 70.6 Å². The minimum atomic E-state index is 0.239. The maximum absolute atomic E-state index is 8.61. The molecule has 0 aromatic heterocycles. The smallest absolute Gasteiger partial charge is 0.139 e. The van der Waals surface area contributed by atoms with E-state index in [2.05, 4.69) is 41.7 Å². The lowest BCUT2D eigenvalue weighted by molar-refractivity contribution is 0.314. The Morgan fingerprint density at radius 1 is 1.47 bits per heavy atom. The first kappa shape index (κ1) is 13.9. The van der Waals surface area contributed by atoms with E-state index in [0.717, 1.165) is 19.5 Å². The van der Waals surface area contributed by atoms with Crippen molar-refractivity contribution < 1.29 is 5.21 Å². The van der Waals surface area contributed by atoms with Crippen molar-refractivity contribution >= 4 is 5.84 Å². The van der Waals surface area contributed by atoms with Gasteiger partial charge in [-0.1, -0.05) is 35.0 Å². The zero-order valence-electron chi connectivity index (χ0n) is 11.5. The van der Waals surface area contributed by atoms with Crippen LogP contribution in [-0.4, -0.2) is 24.1 Å². The molecule has 0 heterocycles. The molecule has 1 fully saturated rings. The van der Waals surface area contributed by atoms with Crippen LogP contribution in [0.5, 0.6) is 0 Å². The van der Waals surface area contributed by atoms with E-state index in [0.29, 0.717) is 12.3 Å². The van der Waals surface area contributed by atoms with Crippen molar-refractivity contribution in [3.63, 3.8) is 0 Å². The summed E-state index contributed by atoms with van der Waals surface area (Å²) in [6.07, 6.45) is 4.07. The third kappa shape index (κ3) is 4.24. The van der Waals surface area contributed by atoms with Gasteiger partial charge in [-0.15, -0.1) is 0 Å². The lowest BCUT2D eigenvalue weighted by Gasteiger charge is -2.15. The molecular weight excluding hydrogens is 238 g/mol. The molecule has 2 rings (SSSR count). The van der Waals surface area contributed by atoms with Gasteiger partial charge in [0.05, 0.1) is 0 Å². The van der Waals surface area contributed by atoms with Crippen molar-refractivity contribution in [1.82, 2.24) is 5.32 Å². The van der Waals surface area contributed by atoms with Crippen LogP contribution in [-0.2, 0) is 6.42 Å². The third-order valence-electron chi connectivity index (χ3n) is 3.81. The molecular formula is C15H23N3O. The summed E-state index contributed by atoms with van der Waals surface area (Å²) in [5.41, 5.74) is 8.50. The molecule has 0 bridgehead atoms. The summed E-state index contributed by atoms with van der Waals surface area (Å²) in [6, 6.07) is 8.61. The van der Waals surface area contributed by atoms with Gasteiger partial charge in [0, 0.05) is 13.0 Å². The van der Waals surface area contributed by atoms with Crippen LogP contribution in [0.4, 0.5) is 0 Å². The van der Waals surface area contributed by atoms with E-state index in [1.54, 1.807) is 0 Å². The molecule has 4 nitrogen and oxygen atoms in total. The molecule has 0 aliphatic heterocycles. The maximum atomic E-state index is 8.61. The van der Waals surface area contributed by atoms with Gasteiger partial charge in [0.15, 0.2) is 0 Å². The predicted octanol–water partition coefficient (Wildman–Crippen LogP) is 2.04. The van der Waals surface area contributed by atoms with Gasteiger partial charge in [-0.05, 0) is 43.7 Å². The Hall–Kier alpha value is -1.55. The zero-order chi connectivity index (χ0) is 13.7. The summed E-state index contributed by atoms with van der Waals surface area (Å²) in [7, 11) is 0. The van der Waals surface area contributed by atoms with E-state index < -0.39 is 0 Å². The molecule has 1 aromatic carbocycles. The Kier molecular flexibility index (Phi) is 4.43. The van der Waals surface area contributed by atoms with Crippen molar-refractivity contribution in [3.05, 3.63) is 35.4 Å². The summed E-state index contributed by atoms with van der Waals surface area (Å²) in [6.45, 7) is 4.05. The summed E-state index contributed by atoms with van der Waals surface area (Å²) < 4.78 is 0. The Morgan fingerprint density at radius 3 is 2.89 bits per heavy atom. The minimum Gasteiger partial charge on any atom is -0.409 e. The van der Waals surface area contributed by atoms with Crippen LogP contribution < -0.4 is 11.1 Å². The van der Waals surface area contributed by atoms with Crippen LogP contribution in [0.15, 0.2) is 29.4 Å². The van der Waals surface area contributed by atoms with Crippen LogP contribution in [0.1, 0.15) is 30.4 Å². The highest BCUT2D eigenvalue weighted by molar-refractivity contribution is 5.80. The number of oxime groups is 1. The molecule has 104 valence electrons. The van der Waals surface area contributed by atoms with Gasteiger partial charge in [-0.3, -0.25) is 0 Å². The highest BCUT2D eigenvalue weighted by Crippen LogP contribution is 2.48. The Labute approximate surface area is 114 Å². The molecule has 1 aliphatic rings. The molecule has 0 spiro atoms. The largest absolute Gasteiger partial charge is 0.409 e. The summed E-state index contributed by atoms with van der Waals surface area (Å²) >= 11 is 0. The Bertz CT molecular complexity index is 452. The van der Waals surface area contributed by atoms with Crippen molar-refractivity contribution in [2.45, 2.75) is 32.6 Å². The molecule has 4 heteroatoms. The number of nitrogens with two attached hydrogens (primary N) is 1. The summed E-state index contributed by atoms with van der Waals surface area (Å²) in [4.78, 5) is 0. The van der Waals surface area contributed by atoms with E-state index in [9.17, 15) is 0 Å². The minimum absolute atomic E-state index is 0.239. The monoisotopic (exact) mass is 261 g/mol. The summed E-state index contributed by atoms with van der Waals surface area (Å²) in [5.74, 6) is 0.345. The quantitative estimate of drug-likeness (QED) is 0.231. The van der Waals surface area contributed by atoms with Crippen LogP contribution in [0.25, 0.3) is 0 Å². The molecule has 0 unspecified atom stereocenters. The number of benzene rings is 1. The van der Waals surface area contributed by atoms with Crippen molar-refractivity contribution in [3.8, 4) is 0 Å². The van der Waals surface area contributed by atoms with E-state index in [-0.39, 0.29) is 5.41 Å². The number of hydrogen-bond acceptors (Lipinski definition) is 3. The second-order valence-corrected chi connectivity index (χ2v) is 5.68. The molecule has 1 aromatic rings. The number of hydrogen-bond donors (Lipinski definition) is 3. The van der Waals surface area contributed by atoms with Gasteiger partial charge >= 0.3 is 0 Å². The van der Waals surface area contributed by atoms with Gasteiger partial charge in [-0.2, -0.15) is 0 Å². The average Bonchev–Trinajstić information content (AvgIpc) is 3.15. The molecule has 0 amide bonds. The Balaban J connectivity index is 1.70. The van der Waals surface area contributed by atoms with Gasteiger partial charge in [-0.25, -0.2) is 0 Å². The van der Waals surface area contributed by atoms with Crippen LogP contribution in [0, 0.1) is 12.3 Å². The second-order valence-electron chi connectivity index (χ2n) is 5.68. The molecule has 0 radical (unpaired) electrons. The second kappa shape index (κ2) is 6.06. The fraction of sp³-hybridized carbons (Fsp3) is 0.533. The van der Waals surface area contributed by atoms with Gasteiger partial charge in [0.25, 0.3) is 0 Å². The molecule has 1 saturated carbocycles. The first-order valence-corrected chi connectivity index (χ1v) is 6.86. The van der Waals surface area contributed by atoms with Crippen LogP contribution in [0.3, 0.4) is 0 Å². The standard InChI is InChI=1S/C15H23N3O/c1-12-3-2-4-13(9-12)5-8-17-11-15(6-7-15)10-14(16)18-19/h2-4,9,17,19H,5-8,10-11H2,1H3,(H2,16,18). The number of aryl methyl sites for hydroxylation is 1. The highest BCUT2D eigenvalue weighted by Gasteiger charge is 2.42. The number of nitrogens with zero attached hydrogens (tertiary/aromatic N) is 1. The van der Waals surface area contributed by atoms with Gasteiger partial charge < -0.3 is 16.3 Å². The van der Waals surface area contributed by atoms with Crippen LogP contribution >= 0.6 is 0 Å². The molecule has 0 atom stereocenters. The predicted molar refractivity (Wildman–Crippen MR) is 77.4 cm³/mol.